The number of hydrogen-bond acceptors (Lipinski definition) is 6. The minimum atomic E-state index is -1.25. The van der Waals surface area contributed by atoms with Gasteiger partial charge >= 0.3 is 0 Å². The number of carbonyl (C=O) groups is 1. The van der Waals surface area contributed by atoms with Crippen LogP contribution in [0, 0.1) is 0 Å². The van der Waals surface area contributed by atoms with E-state index in [1.54, 1.807) is 24.3 Å². The molecule has 5 nitrogen and oxygen atoms in total. The molecule has 0 fully saturated rings. The number of aromatic nitrogens is 2. The highest BCUT2D eigenvalue weighted by Gasteiger charge is 2.14. The molecule has 0 N–H and O–H groups in total. The lowest BCUT2D eigenvalue weighted by molar-refractivity contribution is -0.304. The lowest BCUT2D eigenvalue weighted by Gasteiger charge is -2.05. The van der Waals surface area contributed by atoms with Gasteiger partial charge in [-0.15, -0.1) is 0 Å². The first-order valence-corrected chi connectivity index (χ1v) is 8.45. The molecule has 0 amide bonds. The third-order valence-corrected chi connectivity index (χ3v) is 4.52. The van der Waals surface area contributed by atoms with Crippen LogP contribution in [0.5, 0.6) is 0 Å². The van der Waals surface area contributed by atoms with E-state index >= 15 is 0 Å². The molecule has 2 aromatic heterocycles. The van der Waals surface area contributed by atoms with E-state index in [4.69, 9.17) is 27.7 Å². The molecule has 0 atom stereocenters. The molecule has 0 radical (unpaired) electrons. The van der Waals surface area contributed by atoms with Gasteiger partial charge < -0.3 is 14.4 Å². The van der Waals surface area contributed by atoms with Gasteiger partial charge in [-0.25, -0.2) is 0 Å². The van der Waals surface area contributed by atoms with Crippen molar-refractivity contribution in [3.8, 4) is 11.4 Å². The predicted molar refractivity (Wildman–Crippen MR) is 91.6 cm³/mol. The lowest BCUT2D eigenvalue weighted by Crippen LogP contribution is -2.22. The van der Waals surface area contributed by atoms with Crippen LogP contribution in [0.25, 0.3) is 23.0 Å². The molecule has 0 aliphatic rings. The molecule has 0 aliphatic carbocycles. The number of thiophene rings is 1. The van der Waals surface area contributed by atoms with Crippen LogP contribution in [-0.2, 0) is 4.79 Å². The van der Waals surface area contributed by atoms with Gasteiger partial charge in [-0.1, -0.05) is 34.4 Å². The molecule has 0 unspecified atom stereocenters. The highest BCUT2D eigenvalue weighted by atomic mass is 35.5. The van der Waals surface area contributed by atoms with E-state index in [9.17, 15) is 9.90 Å². The summed E-state index contributed by atoms with van der Waals surface area (Å²) in [4.78, 5) is 15.3. The van der Waals surface area contributed by atoms with Crippen molar-refractivity contribution in [1.82, 2.24) is 10.1 Å². The normalized spacial score (nSPS) is 11.7. The first-order chi connectivity index (χ1) is 11.5. The third kappa shape index (κ3) is 3.84. The Morgan fingerprint density at radius 1 is 1.29 bits per heavy atom. The summed E-state index contributed by atoms with van der Waals surface area (Å²) in [6.45, 7) is 0. The van der Waals surface area contributed by atoms with E-state index in [2.05, 4.69) is 10.1 Å². The number of benzene rings is 1. The number of halogens is 2. The summed E-state index contributed by atoms with van der Waals surface area (Å²) in [6, 6.07) is 6.80. The van der Waals surface area contributed by atoms with Crippen molar-refractivity contribution in [2.24, 2.45) is 0 Å². The molecule has 1 aromatic carbocycles. The van der Waals surface area contributed by atoms with Crippen molar-refractivity contribution in [3.63, 3.8) is 0 Å². The molecule has 3 aromatic rings. The molecule has 0 aliphatic heterocycles. The Morgan fingerprint density at radius 3 is 2.79 bits per heavy atom. The molecule has 24 heavy (non-hydrogen) atoms. The standard InChI is InChI=1S/C16H10Cl2N2O3S/c17-12-2-1-9(6-13(12)18)5-11(7-14(21)22)16-19-15(20-23-16)10-3-4-24-8-10/h1-6,8H,7H2,(H,21,22)/p-1/b11-5+. The maximum Gasteiger partial charge on any atom is 0.254 e. The van der Waals surface area contributed by atoms with Crippen molar-refractivity contribution in [2.45, 2.75) is 6.42 Å². The van der Waals surface area contributed by atoms with Crippen LogP contribution in [0.1, 0.15) is 17.9 Å². The van der Waals surface area contributed by atoms with Crippen molar-refractivity contribution in [2.75, 3.05) is 0 Å². The second-order valence-corrected chi connectivity index (χ2v) is 6.42. The largest absolute Gasteiger partial charge is 0.550 e. The van der Waals surface area contributed by atoms with E-state index in [0.717, 1.165) is 5.56 Å². The molecule has 0 spiro atoms. The van der Waals surface area contributed by atoms with Gasteiger partial charge in [-0.3, -0.25) is 0 Å². The zero-order valence-electron chi connectivity index (χ0n) is 12.0. The van der Waals surface area contributed by atoms with Gasteiger partial charge in [0.25, 0.3) is 5.89 Å². The highest BCUT2D eigenvalue weighted by Crippen LogP contribution is 2.27. The number of hydrogen-bond donors (Lipinski definition) is 0. The Morgan fingerprint density at radius 2 is 2.12 bits per heavy atom. The summed E-state index contributed by atoms with van der Waals surface area (Å²) in [5.74, 6) is -0.743. The maximum atomic E-state index is 11.0. The maximum absolute atomic E-state index is 11.0. The number of carboxylic acid groups (broad SMARTS) is 1. The smallest absolute Gasteiger partial charge is 0.254 e. The van der Waals surface area contributed by atoms with Gasteiger partial charge in [0.05, 0.1) is 10.0 Å². The SMILES string of the molecule is O=C([O-])C/C(=C\c1ccc(Cl)c(Cl)c1)c1nc(-c2ccsc2)no1. The van der Waals surface area contributed by atoms with Crippen LogP contribution in [-0.4, -0.2) is 16.1 Å². The van der Waals surface area contributed by atoms with Crippen LogP contribution in [0.3, 0.4) is 0 Å². The van der Waals surface area contributed by atoms with Crippen LogP contribution in [0.4, 0.5) is 0 Å². The summed E-state index contributed by atoms with van der Waals surface area (Å²) in [6.07, 6.45) is 1.23. The van der Waals surface area contributed by atoms with Crippen LogP contribution >= 0.6 is 34.5 Å². The van der Waals surface area contributed by atoms with Gasteiger partial charge in [-0.05, 0) is 35.2 Å². The average molecular weight is 380 g/mol. The van der Waals surface area contributed by atoms with Crippen LogP contribution < -0.4 is 5.11 Å². The molecule has 3 rings (SSSR count). The molecule has 0 bridgehead atoms. The zero-order valence-corrected chi connectivity index (χ0v) is 14.4. The Bertz CT molecular complexity index is 904. The summed E-state index contributed by atoms with van der Waals surface area (Å²) < 4.78 is 5.20. The first-order valence-electron chi connectivity index (χ1n) is 6.75. The second kappa shape index (κ2) is 7.17. The van der Waals surface area contributed by atoms with E-state index in [1.165, 1.54) is 11.3 Å². The Labute approximate surface area is 151 Å². The van der Waals surface area contributed by atoms with E-state index in [1.807, 2.05) is 16.8 Å². The van der Waals surface area contributed by atoms with Gasteiger partial charge in [0, 0.05) is 28.9 Å². The Kier molecular flexibility index (Phi) is 4.99. The highest BCUT2D eigenvalue weighted by molar-refractivity contribution is 7.08. The van der Waals surface area contributed by atoms with Crippen molar-refractivity contribution < 1.29 is 14.4 Å². The van der Waals surface area contributed by atoms with Crippen molar-refractivity contribution in [3.05, 3.63) is 56.5 Å². The predicted octanol–water partition coefficient (Wildman–Crippen LogP) is 3.79. The van der Waals surface area contributed by atoms with E-state index < -0.39 is 5.97 Å². The third-order valence-electron chi connectivity index (χ3n) is 3.10. The average Bonchev–Trinajstić information content (AvgIpc) is 3.20. The summed E-state index contributed by atoms with van der Waals surface area (Å²) in [5, 5.41) is 19.5. The molecule has 0 saturated heterocycles. The quantitative estimate of drug-likeness (QED) is 0.673. The topological polar surface area (TPSA) is 79.0 Å². The molecule has 122 valence electrons. The fourth-order valence-electron chi connectivity index (χ4n) is 2.01. The Balaban J connectivity index is 1.98. The van der Waals surface area contributed by atoms with E-state index in [0.29, 0.717) is 27.0 Å². The van der Waals surface area contributed by atoms with Gasteiger partial charge in [0.2, 0.25) is 5.82 Å². The minimum Gasteiger partial charge on any atom is -0.550 e. The molecule has 8 heteroatoms. The fourth-order valence-corrected chi connectivity index (χ4v) is 2.95. The van der Waals surface area contributed by atoms with Gasteiger partial charge in [-0.2, -0.15) is 16.3 Å². The molecular weight excluding hydrogens is 371 g/mol. The minimum absolute atomic E-state index is 0.117. The number of nitrogens with zero attached hydrogens (tertiary/aromatic N) is 2. The molecular formula is C16H9Cl2N2O3S-. The molecule has 2 heterocycles. The summed E-state index contributed by atoms with van der Waals surface area (Å²) in [7, 11) is 0. The van der Waals surface area contributed by atoms with Gasteiger partial charge in [0.1, 0.15) is 0 Å². The monoisotopic (exact) mass is 379 g/mol. The zero-order chi connectivity index (χ0) is 17.1. The fraction of sp³-hybridized carbons (Fsp3) is 0.0625. The number of rotatable bonds is 5. The Hall–Kier alpha value is -2.15. The van der Waals surface area contributed by atoms with Crippen molar-refractivity contribution in [1.29, 1.82) is 0 Å². The van der Waals surface area contributed by atoms with Crippen molar-refractivity contribution >= 4 is 52.2 Å². The summed E-state index contributed by atoms with van der Waals surface area (Å²) >= 11 is 13.4. The number of aliphatic carboxylic acids is 1. The van der Waals surface area contributed by atoms with E-state index in [-0.39, 0.29) is 12.3 Å². The van der Waals surface area contributed by atoms with Gasteiger partial charge in [0.15, 0.2) is 0 Å². The molecule has 0 saturated carbocycles. The second-order valence-electron chi connectivity index (χ2n) is 4.83. The first kappa shape index (κ1) is 16.7. The van der Waals surface area contributed by atoms with Crippen LogP contribution in [0.2, 0.25) is 10.0 Å². The summed E-state index contributed by atoms with van der Waals surface area (Å²) in [5.41, 5.74) is 1.79. The lowest BCUT2D eigenvalue weighted by atomic mass is 10.1. The number of carboxylic acids is 1. The number of carbonyl (C=O) groups excluding carboxylic acids is 1. The van der Waals surface area contributed by atoms with Crippen LogP contribution in [0.15, 0.2) is 39.5 Å².